The smallest absolute Gasteiger partial charge is 0.394 e. The molecule has 0 bridgehead atoms. The van der Waals surface area contributed by atoms with Crippen LogP contribution in [0.5, 0.6) is 0 Å². The molecule has 0 radical (unpaired) electrons. The highest BCUT2D eigenvalue weighted by molar-refractivity contribution is 8.39. The Kier molecular flexibility index (Phi) is 6.02. The molecule has 1 aliphatic heterocycles. The van der Waals surface area contributed by atoms with E-state index in [-0.39, 0.29) is 17.0 Å². The highest BCUT2D eigenvalue weighted by Crippen LogP contribution is 2.41. The van der Waals surface area contributed by atoms with Gasteiger partial charge in [-0.3, -0.25) is 9.36 Å². The number of anilines is 1. The third-order valence-electron chi connectivity index (χ3n) is 4.56. The summed E-state index contributed by atoms with van der Waals surface area (Å²) in [4.78, 5) is 24.8. The van der Waals surface area contributed by atoms with E-state index < -0.39 is 44.4 Å². The van der Waals surface area contributed by atoms with Crippen molar-refractivity contribution in [3.8, 4) is 0 Å². The fourth-order valence-electron chi connectivity index (χ4n) is 3.19. The Morgan fingerprint density at radius 3 is 2.80 bits per heavy atom. The van der Waals surface area contributed by atoms with Crippen molar-refractivity contribution < 1.29 is 28.1 Å². The van der Waals surface area contributed by atoms with E-state index in [1.54, 1.807) is 30.3 Å². The van der Waals surface area contributed by atoms with Crippen LogP contribution in [0, 0.1) is 0 Å². The fourth-order valence-corrected chi connectivity index (χ4v) is 3.98. The van der Waals surface area contributed by atoms with Crippen molar-refractivity contribution in [3.05, 3.63) is 48.5 Å². The maximum absolute atomic E-state index is 15.0. The molecule has 10 nitrogen and oxygen atoms in total. The first-order valence-electron chi connectivity index (χ1n) is 8.77. The number of halogens is 1. The Morgan fingerprint density at radius 1 is 1.33 bits per heavy atom. The Balaban J connectivity index is 1.63. The van der Waals surface area contributed by atoms with Crippen LogP contribution in [0.1, 0.15) is 16.6 Å². The standard InChI is InChI=1S/C17H15FN5O5PS/c18-11-13(28-29(26)30)10(6-24)27-17(11)23-8-21-12-14(19-7-20-15(12)23)22-16(25)9-4-2-1-3-5-9/h1-5,7-8,10-11,13,17,24H,6H2,(H-,19,20,22,25,26,30)/p+1/t10-,11+,13-,17-/m1/s1. The molecule has 4 rings (SSSR count). The SMILES string of the molecule is O=C(Nc1ncnc2c1ncn2[C@@H]1O[C@H](CO)[C@@H](O[P+](=O)S)[C@@H]1F)c1ccccc1. The molecule has 1 aromatic carbocycles. The Hall–Kier alpha value is -2.50. The number of carbonyl (C=O) groups is 1. The molecule has 0 saturated carbocycles. The zero-order chi connectivity index (χ0) is 21.3. The molecule has 13 heteroatoms. The number of hydrogen-bond donors (Lipinski definition) is 3. The first-order chi connectivity index (χ1) is 14.5. The first kappa shape index (κ1) is 20.8. The monoisotopic (exact) mass is 452 g/mol. The molecule has 3 aromatic rings. The minimum Gasteiger partial charge on any atom is -0.394 e. The van der Waals surface area contributed by atoms with Crippen molar-refractivity contribution >= 4 is 42.4 Å². The number of alkyl halides is 1. The van der Waals surface area contributed by atoms with Gasteiger partial charge in [0.2, 0.25) is 0 Å². The molecule has 2 aromatic heterocycles. The second kappa shape index (κ2) is 8.70. The molecule has 1 unspecified atom stereocenters. The zero-order valence-electron chi connectivity index (χ0n) is 15.2. The highest BCUT2D eigenvalue weighted by Gasteiger charge is 2.51. The van der Waals surface area contributed by atoms with Crippen LogP contribution in [-0.2, 0) is 13.8 Å². The Labute approximate surface area is 175 Å². The van der Waals surface area contributed by atoms with Gasteiger partial charge in [-0.15, -0.1) is 4.52 Å². The van der Waals surface area contributed by atoms with Crippen LogP contribution >= 0.6 is 19.5 Å². The number of benzene rings is 1. The molecular formula is C17H16FN5O5PS+. The lowest BCUT2D eigenvalue weighted by Gasteiger charge is -2.15. The number of carbonyl (C=O) groups excluding carboxylic acids is 1. The van der Waals surface area contributed by atoms with E-state index in [4.69, 9.17) is 9.26 Å². The number of rotatable bonds is 6. The summed E-state index contributed by atoms with van der Waals surface area (Å²) in [6.07, 6.45) is -2.86. The number of aliphatic hydroxyl groups is 1. The van der Waals surface area contributed by atoms with Crippen molar-refractivity contribution in [1.82, 2.24) is 19.5 Å². The lowest BCUT2D eigenvalue weighted by molar-refractivity contribution is -0.0427. The molecule has 2 N–H and O–H groups in total. The molecule has 1 aliphatic rings. The van der Waals surface area contributed by atoms with Gasteiger partial charge in [0.15, 0.2) is 35.5 Å². The maximum Gasteiger partial charge on any atom is 0.582 e. The van der Waals surface area contributed by atoms with Gasteiger partial charge in [-0.25, -0.2) is 19.3 Å². The van der Waals surface area contributed by atoms with Crippen LogP contribution in [0.2, 0.25) is 0 Å². The molecule has 5 atom stereocenters. The van der Waals surface area contributed by atoms with Gasteiger partial charge >= 0.3 is 7.23 Å². The largest absolute Gasteiger partial charge is 0.582 e. The van der Waals surface area contributed by atoms with E-state index in [1.807, 2.05) is 0 Å². The number of amides is 1. The third kappa shape index (κ3) is 3.92. The summed E-state index contributed by atoms with van der Waals surface area (Å²) in [5.74, 6) is -0.247. The molecule has 30 heavy (non-hydrogen) atoms. The first-order valence-corrected chi connectivity index (χ1v) is 11.1. The van der Waals surface area contributed by atoms with Crippen molar-refractivity contribution in [2.45, 2.75) is 24.6 Å². The van der Waals surface area contributed by atoms with Crippen molar-refractivity contribution in [3.63, 3.8) is 0 Å². The molecule has 1 fully saturated rings. The van der Waals surface area contributed by atoms with E-state index in [0.717, 1.165) is 0 Å². The van der Waals surface area contributed by atoms with Crippen LogP contribution in [0.3, 0.4) is 0 Å². The van der Waals surface area contributed by atoms with Gasteiger partial charge in [-0.05, 0) is 16.7 Å². The predicted molar refractivity (Wildman–Crippen MR) is 107 cm³/mol. The summed E-state index contributed by atoms with van der Waals surface area (Å²) >= 11 is 3.64. The quantitative estimate of drug-likeness (QED) is 0.384. The van der Waals surface area contributed by atoms with Crippen molar-refractivity contribution in [2.24, 2.45) is 0 Å². The number of nitrogens with one attached hydrogen (secondary N) is 1. The number of aromatic nitrogens is 4. The van der Waals surface area contributed by atoms with Gasteiger partial charge in [-0.2, -0.15) is 0 Å². The van der Waals surface area contributed by atoms with E-state index in [2.05, 4.69) is 32.5 Å². The second-order valence-corrected chi connectivity index (χ2v) is 8.03. The molecule has 156 valence electrons. The van der Waals surface area contributed by atoms with Crippen LogP contribution in [0.4, 0.5) is 10.2 Å². The summed E-state index contributed by atoms with van der Waals surface area (Å²) in [7, 11) is -2.40. The fraction of sp³-hybridized carbons (Fsp3) is 0.294. The molecule has 0 spiro atoms. The van der Waals surface area contributed by atoms with Gasteiger partial charge in [0.1, 0.15) is 24.7 Å². The molecule has 1 saturated heterocycles. The van der Waals surface area contributed by atoms with Crippen molar-refractivity contribution in [2.75, 3.05) is 11.9 Å². The number of fused-ring (bicyclic) bond motifs is 1. The normalized spacial score (nSPS) is 24.2. The van der Waals surface area contributed by atoms with Gasteiger partial charge in [0.25, 0.3) is 5.91 Å². The summed E-state index contributed by atoms with van der Waals surface area (Å²) in [6.45, 7) is -0.543. The lowest BCUT2D eigenvalue weighted by Crippen LogP contribution is -2.31. The number of ether oxygens (including phenoxy) is 1. The average molecular weight is 452 g/mol. The van der Waals surface area contributed by atoms with Crippen molar-refractivity contribution in [1.29, 1.82) is 0 Å². The Morgan fingerprint density at radius 2 is 2.10 bits per heavy atom. The van der Waals surface area contributed by atoms with Gasteiger partial charge in [-0.1, -0.05) is 18.2 Å². The predicted octanol–water partition coefficient (Wildman–Crippen LogP) is 2.28. The third-order valence-corrected chi connectivity index (χ3v) is 5.27. The van der Waals surface area contributed by atoms with Gasteiger partial charge < -0.3 is 15.2 Å². The van der Waals surface area contributed by atoms with E-state index >= 15 is 0 Å². The van der Waals surface area contributed by atoms with Crippen LogP contribution < -0.4 is 5.32 Å². The van der Waals surface area contributed by atoms with Crippen LogP contribution in [-0.4, -0.2) is 55.5 Å². The van der Waals surface area contributed by atoms with E-state index in [1.165, 1.54) is 17.2 Å². The van der Waals surface area contributed by atoms with Gasteiger partial charge in [0.05, 0.1) is 12.9 Å². The summed E-state index contributed by atoms with van der Waals surface area (Å²) in [5, 5.41) is 12.1. The average Bonchev–Trinajstić information content (AvgIpc) is 3.30. The molecule has 3 heterocycles. The molecule has 0 aliphatic carbocycles. The number of hydrogen-bond acceptors (Lipinski definition) is 8. The van der Waals surface area contributed by atoms with Gasteiger partial charge in [0, 0.05) is 5.56 Å². The number of thiol groups is 1. The zero-order valence-corrected chi connectivity index (χ0v) is 17.0. The number of imidazole rings is 1. The highest BCUT2D eigenvalue weighted by atomic mass is 32.7. The Bertz CT molecular complexity index is 1090. The minimum atomic E-state index is -2.40. The van der Waals surface area contributed by atoms with E-state index in [0.29, 0.717) is 5.56 Å². The maximum atomic E-state index is 15.0. The molecular weight excluding hydrogens is 436 g/mol. The summed E-state index contributed by atoms with van der Waals surface area (Å²) < 4.78 is 38.1. The lowest BCUT2D eigenvalue weighted by atomic mass is 10.1. The topological polar surface area (TPSA) is 128 Å². The van der Waals surface area contributed by atoms with Crippen LogP contribution in [0.15, 0.2) is 43.0 Å². The number of aliphatic hydroxyl groups excluding tert-OH is 1. The van der Waals surface area contributed by atoms with E-state index in [9.17, 15) is 18.9 Å². The summed E-state index contributed by atoms with van der Waals surface area (Å²) in [5.41, 5.74) is 0.856. The van der Waals surface area contributed by atoms with Crippen LogP contribution in [0.25, 0.3) is 11.2 Å². The minimum absolute atomic E-state index is 0.144. The number of nitrogens with zero attached hydrogens (tertiary/aromatic N) is 4. The second-order valence-electron chi connectivity index (χ2n) is 6.37. The molecule has 1 amide bonds. The summed E-state index contributed by atoms with van der Waals surface area (Å²) in [6, 6.07) is 8.54.